The van der Waals surface area contributed by atoms with E-state index >= 15 is 0 Å². The standard InChI is InChI=1S/C29H40N2O6/c1-5-7-19-37-26-25-22-13-17-30(18-14-24(32)35-3)16-10-15-28(26,6-2)20-29(34,27(33)36-4)31(25)23-12-9-8-11-21(22)23/h8-9,11-12,14,18,26,34H,5-7,10,13,15-17,19-20H2,1-4H3/b18-14+. The number of hydrogen-bond acceptors (Lipinski definition) is 7. The Morgan fingerprint density at radius 2 is 1.95 bits per heavy atom. The topological polar surface area (TPSA) is 90.2 Å². The molecule has 0 saturated carbocycles. The van der Waals surface area contributed by atoms with E-state index in [0.717, 1.165) is 60.8 Å². The highest BCUT2D eigenvalue weighted by atomic mass is 16.5. The maximum absolute atomic E-state index is 13.3. The van der Waals surface area contributed by atoms with E-state index in [1.165, 1.54) is 20.3 Å². The van der Waals surface area contributed by atoms with Gasteiger partial charge in [0.05, 0.1) is 25.4 Å². The molecule has 1 N–H and O–H groups in total. The summed E-state index contributed by atoms with van der Waals surface area (Å²) in [4.78, 5) is 27.2. The highest BCUT2D eigenvalue weighted by Crippen LogP contribution is 2.57. The van der Waals surface area contributed by atoms with Crippen LogP contribution in [-0.2, 0) is 35.9 Å². The van der Waals surface area contributed by atoms with Crippen LogP contribution in [0.4, 0.5) is 0 Å². The highest BCUT2D eigenvalue weighted by Gasteiger charge is 2.57. The summed E-state index contributed by atoms with van der Waals surface area (Å²) in [6.07, 6.45) is 8.17. The van der Waals surface area contributed by atoms with Crippen molar-refractivity contribution in [3.63, 3.8) is 0 Å². The van der Waals surface area contributed by atoms with Crippen LogP contribution in [0.5, 0.6) is 0 Å². The lowest BCUT2D eigenvalue weighted by Gasteiger charge is -2.50. The number of esters is 2. The fourth-order valence-corrected chi connectivity index (χ4v) is 6.24. The summed E-state index contributed by atoms with van der Waals surface area (Å²) in [6, 6.07) is 7.91. The number of benzene rings is 1. The molecule has 2 aliphatic rings. The number of aromatic nitrogens is 1. The zero-order chi connectivity index (χ0) is 26.6. The van der Waals surface area contributed by atoms with Crippen LogP contribution >= 0.6 is 0 Å². The number of carbonyl (C=O) groups is 2. The van der Waals surface area contributed by atoms with E-state index in [2.05, 4.69) is 18.7 Å². The molecule has 3 heterocycles. The molecular weight excluding hydrogens is 472 g/mol. The first kappa shape index (κ1) is 27.2. The summed E-state index contributed by atoms with van der Waals surface area (Å²) in [5.41, 5.74) is 0.439. The molecule has 1 aromatic heterocycles. The molecular formula is C29H40N2O6. The summed E-state index contributed by atoms with van der Waals surface area (Å²) in [6.45, 7) is 6.29. The SMILES string of the molecule is CCCCOC1c2c3c4ccccc4n2C(O)(C(=O)OC)CC1(CC)CCCN(/C=C/C(=O)OC)CC3. The van der Waals surface area contributed by atoms with Gasteiger partial charge < -0.3 is 28.8 Å². The summed E-state index contributed by atoms with van der Waals surface area (Å²) < 4.78 is 18.5. The van der Waals surface area contributed by atoms with Gasteiger partial charge in [-0.05, 0) is 43.7 Å². The van der Waals surface area contributed by atoms with Crippen molar-refractivity contribution in [2.45, 2.75) is 70.6 Å². The van der Waals surface area contributed by atoms with Crippen molar-refractivity contribution in [1.29, 1.82) is 0 Å². The third kappa shape index (κ3) is 4.89. The van der Waals surface area contributed by atoms with Crippen molar-refractivity contribution in [3.05, 3.63) is 47.8 Å². The fourth-order valence-electron chi connectivity index (χ4n) is 6.24. The Bertz CT molecular complexity index is 1160. The number of nitrogens with zero attached hydrogens (tertiary/aromatic N) is 2. The van der Waals surface area contributed by atoms with Gasteiger partial charge in [0.15, 0.2) is 0 Å². The van der Waals surface area contributed by atoms with Crippen LogP contribution in [0.3, 0.4) is 0 Å². The summed E-state index contributed by atoms with van der Waals surface area (Å²) in [5, 5.41) is 13.2. The summed E-state index contributed by atoms with van der Waals surface area (Å²) >= 11 is 0. The number of methoxy groups -OCH3 is 2. The second-order valence-electron chi connectivity index (χ2n) is 10.3. The lowest BCUT2D eigenvalue weighted by Crippen LogP contribution is -2.54. The van der Waals surface area contributed by atoms with Gasteiger partial charge in [-0.1, -0.05) is 38.5 Å². The Hall–Kier alpha value is -2.84. The molecule has 0 amide bonds. The van der Waals surface area contributed by atoms with Crippen molar-refractivity contribution < 1.29 is 28.9 Å². The molecule has 4 rings (SSSR count). The molecule has 3 unspecified atom stereocenters. The lowest BCUT2D eigenvalue weighted by atomic mass is 9.66. The first-order valence-electron chi connectivity index (χ1n) is 13.4. The zero-order valence-electron chi connectivity index (χ0n) is 22.5. The Kier molecular flexibility index (Phi) is 8.29. The Labute approximate surface area is 219 Å². The van der Waals surface area contributed by atoms with Crippen molar-refractivity contribution >= 4 is 22.8 Å². The van der Waals surface area contributed by atoms with Crippen LogP contribution in [0, 0.1) is 5.41 Å². The maximum Gasteiger partial charge on any atom is 0.359 e. The van der Waals surface area contributed by atoms with Crippen LogP contribution in [0.15, 0.2) is 36.5 Å². The summed E-state index contributed by atoms with van der Waals surface area (Å²) in [5.74, 6) is -1.03. The molecule has 0 fully saturated rings. The summed E-state index contributed by atoms with van der Waals surface area (Å²) in [7, 11) is 2.71. The van der Waals surface area contributed by atoms with Gasteiger partial charge in [-0.3, -0.25) is 0 Å². The molecule has 8 heteroatoms. The van der Waals surface area contributed by atoms with Gasteiger partial charge in [0.25, 0.3) is 0 Å². The normalized spacial score (nSPS) is 25.9. The van der Waals surface area contributed by atoms with Crippen molar-refractivity contribution in [2.24, 2.45) is 5.41 Å². The number of unbranched alkanes of at least 4 members (excludes halogenated alkanes) is 1. The average Bonchev–Trinajstić information content (AvgIpc) is 3.25. The van der Waals surface area contributed by atoms with Crippen LogP contribution in [0.25, 0.3) is 10.9 Å². The highest BCUT2D eigenvalue weighted by molar-refractivity contribution is 5.89. The second-order valence-corrected chi connectivity index (χ2v) is 10.3. The van der Waals surface area contributed by atoms with Crippen molar-refractivity contribution in [3.8, 4) is 0 Å². The minimum absolute atomic E-state index is 0.211. The van der Waals surface area contributed by atoms with Gasteiger partial charge in [0.2, 0.25) is 5.72 Å². The average molecular weight is 513 g/mol. The maximum atomic E-state index is 13.3. The van der Waals surface area contributed by atoms with Crippen LogP contribution in [0.1, 0.15) is 69.7 Å². The fraction of sp³-hybridized carbons (Fsp3) is 0.586. The predicted molar refractivity (Wildman–Crippen MR) is 141 cm³/mol. The van der Waals surface area contributed by atoms with E-state index < -0.39 is 17.1 Å². The number of rotatable bonds is 8. The van der Waals surface area contributed by atoms with E-state index in [-0.39, 0.29) is 18.5 Å². The van der Waals surface area contributed by atoms with Gasteiger partial charge in [0, 0.05) is 49.2 Å². The molecule has 0 saturated heterocycles. The zero-order valence-corrected chi connectivity index (χ0v) is 22.5. The van der Waals surface area contributed by atoms with E-state index in [0.29, 0.717) is 19.6 Å². The Morgan fingerprint density at radius 1 is 1.16 bits per heavy atom. The van der Waals surface area contributed by atoms with Crippen molar-refractivity contribution in [1.82, 2.24) is 9.47 Å². The molecule has 2 aliphatic heterocycles. The molecule has 37 heavy (non-hydrogen) atoms. The Morgan fingerprint density at radius 3 is 2.65 bits per heavy atom. The number of aliphatic hydroxyl groups is 1. The number of ether oxygens (including phenoxy) is 3. The molecule has 0 aliphatic carbocycles. The van der Waals surface area contributed by atoms with Gasteiger partial charge in [0.1, 0.15) is 6.10 Å². The number of para-hydroxylation sites is 1. The number of hydrogen-bond donors (Lipinski definition) is 1. The van der Waals surface area contributed by atoms with E-state index in [1.807, 2.05) is 30.5 Å². The van der Waals surface area contributed by atoms with Crippen LogP contribution in [-0.4, -0.2) is 60.4 Å². The predicted octanol–water partition coefficient (Wildman–Crippen LogP) is 4.44. The first-order chi connectivity index (χ1) is 17.8. The van der Waals surface area contributed by atoms with E-state index in [1.54, 1.807) is 4.57 Å². The number of carbonyl (C=O) groups excluding carboxylic acids is 2. The quantitative estimate of drug-likeness (QED) is 0.318. The van der Waals surface area contributed by atoms with Gasteiger partial charge in [-0.15, -0.1) is 0 Å². The molecule has 2 aromatic rings. The number of fused-ring (bicyclic) bond motifs is 4. The van der Waals surface area contributed by atoms with E-state index in [9.17, 15) is 14.7 Å². The smallest absolute Gasteiger partial charge is 0.359 e. The van der Waals surface area contributed by atoms with Gasteiger partial charge in [-0.25, -0.2) is 9.59 Å². The minimum Gasteiger partial charge on any atom is -0.466 e. The largest absolute Gasteiger partial charge is 0.466 e. The van der Waals surface area contributed by atoms with Crippen LogP contribution < -0.4 is 0 Å². The molecule has 3 atom stereocenters. The van der Waals surface area contributed by atoms with Gasteiger partial charge >= 0.3 is 11.9 Å². The van der Waals surface area contributed by atoms with Crippen LogP contribution in [0.2, 0.25) is 0 Å². The minimum atomic E-state index is -1.83. The second kappa shape index (κ2) is 11.3. The molecule has 1 aromatic carbocycles. The first-order valence-corrected chi connectivity index (χ1v) is 13.4. The van der Waals surface area contributed by atoms with Gasteiger partial charge in [-0.2, -0.15) is 0 Å². The molecule has 0 spiro atoms. The molecule has 8 nitrogen and oxygen atoms in total. The van der Waals surface area contributed by atoms with Crippen molar-refractivity contribution in [2.75, 3.05) is 33.9 Å². The lowest BCUT2D eigenvalue weighted by molar-refractivity contribution is -0.199. The molecule has 2 bridgehead atoms. The monoisotopic (exact) mass is 512 g/mol. The third-order valence-electron chi connectivity index (χ3n) is 8.18. The molecule has 202 valence electrons. The van der Waals surface area contributed by atoms with E-state index in [4.69, 9.17) is 14.2 Å². The molecule has 0 radical (unpaired) electrons. The third-order valence-corrected chi connectivity index (χ3v) is 8.18. The Balaban J connectivity index is 1.95.